The molecular weight excluding hydrogens is 248 g/mol. The van der Waals surface area contributed by atoms with E-state index >= 15 is 0 Å². The third kappa shape index (κ3) is 3.68. The molecule has 0 aliphatic carbocycles. The Hall–Kier alpha value is -0.130. The summed E-state index contributed by atoms with van der Waals surface area (Å²) in [7, 11) is -3.05. The zero-order chi connectivity index (χ0) is 13.0. The lowest BCUT2D eigenvalue weighted by atomic mass is 9.98. The first kappa shape index (κ1) is 14.3. The first-order chi connectivity index (χ1) is 8.62. The fraction of sp³-hybridized carbons (Fsp3) is 1.00. The monoisotopic (exact) mass is 274 g/mol. The maximum atomic E-state index is 12.4. The van der Waals surface area contributed by atoms with Crippen LogP contribution in [0.1, 0.15) is 45.4 Å². The van der Waals surface area contributed by atoms with Crippen molar-refractivity contribution in [2.24, 2.45) is 5.92 Å². The van der Waals surface area contributed by atoms with Gasteiger partial charge in [0.05, 0.1) is 5.75 Å². The van der Waals surface area contributed by atoms with Gasteiger partial charge in [0.2, 0.25) is 10.0 Å². The van der Waals surface area contributed by atoms with Crippen molar-refractivity contribution in [1.82, 2.24) is 9.62 Å². The van der Waals surface area contributed by atoms with Gasteiger partial charge in [-0.2, -0.15) is 0 Å². The van der Waals surface area contributed by atoms with Crippen molar-refractivity contribution < 1.29 is 8.42 Å². The number of nitrogens with zero attached hydrogens (tertiary/aromatic N) is 1. The molecule has 0 aromatic carbocycles. The Bertz CT molecular complexity index is 350. The summed E-state index contributed by atoms with van der Waals surface area (Å²) >= 11 is 0. The molecule has 4 nitrogen and oxygen atoms in total. The van der Waals surface area contributed by atoms with Crippen LogP contribution < -0.4 is 5.32 Å². The van der Waals surface area contributed by atoms with E-state index in [-0.39, 0.29) is 6.04 Å². The summed E-state index contributed by atoms with van der Waals surface area (Å²) in [5.41, 5.74) is 0. The highest BCUT2D eigenvalue weighted by Gasteiger charge is 2.29. The first-order valence-corrected chi connectivity index (χ1v) is 8.94. The van der Waals surface area contributed by atoms with Gasteiger partial charge in [-0.15, -0.1) is 0 Å². The molecule has 0 amide bonds. The van der Waals surface area contributed by atoms with E-state index in [1.54, 1.807) is 4.31 Å². The van der Waals surface area contributed by atoms with E-state index in [1.165, 1.54) is 12.8 Å². The van der Waals surface area contributed by atoms with E-state index in [4.69, 9.17) is 0 Å². The smallest absolute Gasteiger partial charge is 0.215 e. The highest BCUT2D eigenvalue weighted by molar-refractivity contribution is 7.89. The van der Waals surface area contributed by atoms with Gasteiger partial charge in [0.25, 0.3) is 0 Å². The molecular formula is C13H26N2O2S. The van der Waals surface area contributed by atoms with Crippen molar-refractivity contribution in [2.45, 2.75) is 51.5 Å². The van der Waals surface area contributed by atoms with Crippen LogP contribution in [0.2, 0.25) is 0 Å². The average molecular weight is 274 g/mol. The fourth-order valence-electron chi connectivity index (χ4n) is 3.08. The van der Waals surface area contributed by atoms with Crippen molar-refractivity contribution in [1.29, 1.82) is 0 Å². The molecule has 2 saturated heterocycles. The molecule has 0 spiro atoms. The first-order valence-electron chi connectivity index (χ1n) is 7.33. The molecule has 2 heterocycles. The molecule has 2 aliphatic heterocycles. The van der Waals surface area contributed by atoms with E-state index in [0.29, 0.717) is 5.75 Å². The van der Waals surface area contributed by atoms with E-state index in [9.17, 15) is 8.42 Å². The second kappa shape index (κ2) is 6.35. The Morgan fingerprint density at radius 2 is 2.00 bits per heavy atom. The average Bonchev–Trinajstić information content (AvgIpc) is 2.69. The minimum atomic E-state index is -3.05. The molecule has 106 valence electrons. The summed E-state index contributed by atoms with van der Waals surface area (Å²) in [5.74, 6) is 1.01. The van der Waals surface area contributed by atoms with Gasteiger partial charge in [-0.25, -0.2) is 12.7 Å². The molecule has 0 radical (unpaired) electrons. The van der Waals surface area contributed by atoms with Crippen molar-refractivity contribution in [2.75, 3.05) is 25.4 Å². The van der Waals surface area contributed by atoms with Crippen molar-refractivity contribution in [3.8, 4) is 0 Å². The highest BCUT2D eigenvalue weighted by atomic mass is 32.2. The van der Waals surface area contributed by atoms with Crippen LogP contribution in [0.5, 0.6) is 0 Å². The van der Waals surface area contributed by atoms with Gasteiger partial charge < -0.3 is 5.32 Å². The summed E-state index contributed by atoms with van der Waals surface area (Å²) in [4.78, 5) is 0. The van der Waals surface area contributed by atoms with E-state index in [1.807, 2.05) is 0 Å². The second-order valence-electron chi connectivity index (χ2n) is 5.68. The molecule has 2 atom stereocenters. The van der Waals surface area contributed by atoms with Crippen LogP contribution in [0.3, 0.4) is 0 Å². The van der Waals surface area contributed by atoms with Crippen LogP contribution in [0.25, 0.3) is 0 Å². The maximum Gasteiger partial charge on any atom is 0.215 e. The van der Waals surface area contributed by atoms with Crippen LogP contribution in [-0.4, -0.2) is 44.2 Å². The lowest BCUT2D eigenvalue weighted by molar-refractivity contribution is 0.404. The molecule has 5 heteroatoms. The summed E-state index contributed by atoms with van der Waals surface area (Å²) in [5, 5.41) is 3.28. The second-order valence-corrected chi connectivity index (χ2v) is 7.69. The van der Waals surface area contributed by atoms with Crippen LogP contribution in [0.4, 0.5) is 0 Å². The molecule has 2 unspecified atom stereocenters. The fourth-order valence-corrected chi connectivity index (χ4v) is 4.88. The molecule has 2 rings (SSSR count). The molecule has 0 aromatic heterocycles. The van der Waals surface area contributed by atoms with Gasteiger partial charge >= 0.3 is 0 Å². The van der Waals surface area contributed by atoms with Crippen LogP contribution in [-0.2, 0) is 10.0 Å². The van der Waals surface area contributed by atoms with E-state index < -0.39 is 10.0 Å². The summed E-state index contributed by atoms with van der Waals surface area (Å²) in [6.45, 7) is 4.63. The lowest BCUT2D eigenvalue weighted by Gasteiger charge is -2.22. The lowest BCUT2D eigenvalue weighted by Crippen LogP contribution is -2.40. The molecule has 0 saturated carbocycles. The van der Waals surface area contributed by atoms with Gasteiger partial charge in [0.15, 0.2) is 0 Å². The standard InChI is InChI=1S/C13H26N2O2S/c1-2-12-5-4-9-15(10-7-12)18(16,17)11-13-6-3-8-14-13/h12-14H,2-11H2,1H3. The minimum absolute atomic E-state index is 0.181. The number of rotatable bonds is 4. The van der Waals surface area contributed by atoms with Crippen LogP contribution in [0.15, 0.2) is 0 Å². The Balaban J connectivity index is 1.92. The Morgan fingerprint density at radius 1 is 1.17 bits per heavy atom. The summed E-state index contributed by atoms with van der Waals surface area (Å²) in [6, 6.07) is 0.181. The highest BCUT2D eigenvalue weighted by Crippen LogP contribution is 2.22. The normalized spacial score (nSPS) is 31.4. The van der Waals surface area contributed by atoms with Crippen LogP contribution >= 0.6 is 0 Å². The Labute approximate surface area is 111 Å². The largest absolute Gasteiger partial charge is 0.313 e. The van der Waals surface area contributed by atoms with Gasteiger partial charge in [0.1, 0.15) is 0 Å². The number of sulfonamides is 1. The Morgan fingerprint density at radius 3 is 2.67 bits per heavy atom. The zero-order valence-electron chi connectivity index (χ0n) is 11.4. The van der Waals surface area contributed by atoms with Gasteiger partial charge in [-0.3, -0.25) is 0 Å². The SMILES string of the molecule is CCC1CCCN(S(=O)(=O)CC2CCCN2)CC1. The summed E-state index contributed by atoms with van der Waals surface area (Å²) in [6.07, 6.45) is 6.54. The van der Waals surface area contributed by atoms with Crippen molar-refractivity contribution in [3.63, 3.8) is 0 Å². The van der Waals surface area contributed by atoms with Gasteiger partial charge in [-0.1, -0.05) is 13.3 Å². The van der Waals surface area contributed by atoms with Gasteiger partial charge in [-0.05, 0) is 44.6 Å². The topological polar surface area (TPSA) is 49.4 Å². The third-order valence-corrected chi connectivity index (χ3v) is 6.33. The zero-order valence-corrected chi connectivity index (χ0v) is 12.2. The van der Waals surface area contributed by atoms with E-state index in [2.05, 4.69) is 12.2 Å². The predicted octanol–water partition coefficient (Wildman–Crippen LogP) is 1.58. The van der Waals surface area contributed by atoms with Gasteiger partial charge in [0, 0.05) is 19.1 Å². The predicted molar refractivity (Wildman–Crippen MR) is 74.0 cm³/mol. The molecule has 0 aromatic rings. The molecule has 0 bridgehead atoms. The molecule has 1 N–H and O–H groups in total. The van der Waals surface area contributed by atoms with E-state index in [0.717, 1.165) is 51.2 Å². The maximum absolute atomic E-state index is 12.4. The number of hydrogen-bond acceptors (Lipinski definition) is 3. The Kier molecular flexibility index (Phi) is 5.04. The van der Waals surface area contributed by atoms with Crippen LogP contribution in [0, 0.1) is 5.92 Å². The molecule has 2 aliphatic rings. The van der Waals surface area contributed by atoms with Crippen molar-refractivity contribution in [3.05, 3.63) is 0 Å². The quantitative estimate of drug-likeness (QED) is 0.847. The number of nitrogens with one attached hydrogen (secondary N) is 1. The molecule has 2 fully saturated rings. The third-order valence-electron chi connectivity index (χ3n) is 4.35. The molecule has 18 heavy (non-hydrogen) atoms. The summed E-state index contributed by atoms with van der Waals surface area (Å²) < 4.78 is 26.5. The van der Waals surface area contributed by atoms with Crippen molar-refractivity contribution >= 4 is 10.0 Å². The minimum Gasteiger partial charge on any atom is -0.313 e. The number of hydrogen-bond donors (Lipinski definition) is 1.